The fourth-order valence-corrected chi connectivity index (χ4v) is 4.24. The molecule has 1 atom stereocenters. The summed E-state index contributed by atoms with van der Waals surface area (Å²) in [5.74, 6) is 1.11. The first kappa shape index (κ1) is 25.2. The number of ether oxygens (including phenoxy) is 2. The predicted molar refractivity (Wildman–Crippen MR) is 130 cm³/mol. The molecule has 2 amide bonds. The topological polar surface area (TPSA) is 67.9 Å². The van der Waals surface area contributed by atoms with Crippen LogP contribution in [0.4, 0.5) is 0 Å². The van der Waals surface area contributed by atoms with E-state index in [1.165, 1.54) is 0 Å². The van der Waals surface area contributed by atoms with Gasteiger partial charge >= 0.3 is 0 Å². The van der Waals surface area contributed by atoms with Gasteiger partial charge in [-0.3, -0.25) is 9.59 Å². The van der Waals surface area contributed by atoms with Crippen molar-refractivity contribution in [1.29, 1.82) is 0 Å². The smallest absolute Gasteiger partial charge is 0.243 e. The van der Waals surface area contributed by atoms with Crippen LogP contribution >= 0.6 is 23.2 Å². The van der Waals surface area contributed by atoms with Crippen molar-refractivity contribution < 1.29 is 19.1 Å². The zero-order chi connectivity index (χ0) is 24.0. The van der Waals surface area contributed by atoms with Gasteiger partial charge in [-0.15, -0.1) is 0 Å². The van der Waals surface area contributed by atoms with E-state index in [0.717, 1.165) is 11.1 Å². The van der Waals surface area contributed by atoms with Crippen molar-refractivity contribution in [2.75, 3.05) is 13.2 Å². The Morgan fingerprint density at radius 3 is 2.45 bits per heavy atom. The highest BCUT2D eigenvalue weighted by molar-refractivity contribution is 6.35. The molecular weight excluding hydrogens is 463 g/mol. The molecule has 0 spiro atoms. The number of amides is 2. The van der Waals surface area contributed by atoms with Gasteiger partial charge in [-0.25, -0.2) is 0 Å². The lowest BCUT2D eigenvalue weighted by molar-refractivity contribution is -0.141. The number of halogens is 2. The molecule has 0 radical (unpaired) electrons. The summed E-state index contributed by atoms with van der Waals surface area (Å²) in [6, 6.07) is 10.2. The zero-order valence-electron chi connectivity index (χ0n) is 19.2. The molecule has 2 aromatic rings. The van der Waals surface area contributed by atoms with Crippen LogP contribution in [0.3, 0.4) is 0 Å². The first-order valence-electron chi connectivity index (χ1n) is 11.2. The van der Waals surface area contributed by atoms with Crippen molar-refractivity contribution >= 4 is 35.0 Å². The normalized spacial score (nSPS) is 13.5. The standard InChI is InChI=1S/C25H30Cl2N2O4/c1-4-21(25(31)28-16(2)3)29(15-18-7-8-19(26)14-20(18)27)24(30)10-6-17-5-9-22-23(13-17)33-12-11-32-22/h5,7-9,13-14,16,21H,4,6,10-12,15H2,1-3H3,(H,28,31). The van der Waals surface area contributed by atoms with Crippen LogP contribution in [-0.2, 0) is 22.6 Å². The maximum Gasteiger partial charge on any atom is 0.243 e. The van der Waals surface area contributed by atoms with Crippen LogP contribution in [0, 0.1) is 0 Å². The molecule has 0 saturated carbocycles. The van der Waals surface area contributed by atoms with Crippen molar-refractivity contribution in [3.05, 3.63) is 57.6 Å². The van der Waals surface area contributed by atoms with Gasteiger partial charge in [0, 0.05) is 29.1 Å². The van der Waals surface area contributed by atoms with Gasteiger partial charge in [-0.2, -0.15) is 0 Å². The Bertz CT molecular complexity index is 996. The van der Waals surface area contributed by atoms with E-state index in [1.54, 1.807) is 23.1 Å². The third kappa shape index (κ3) is 6.78. The number of nitrogens with zero attached hydrogens (tertiary/aromatic N) is 1. The van der Waals surface area contributed by atoms with Gasteiger partial charge in [0.1, 0.15) is 19.3 Å². The predicted octanol–water partition coefficient (Wildman–Crippen LogP) is 5.03. The molecular formula is C25H30Cl2N2O4. The highest BCUT2D eigenvalue weighted by Gasteiger charge is 2.29. The van der Waals surface area contributed by atoms with Crippen LogP contribution in [0.15, 0.2) is 36.4 Å². The molecule has 6 nitrogen and oxygen atoms in total. The first-order chi connectivity index (χ1) is 15.8. The number of hydrogen-bond donors (Lipinski definition) is 1. The van der Waals surface area contributed by atoms with Gasteiger partial charge < -0.3 is 19.7 Å². The number of nitrogens with one attached hydrogen (secondary N) is 1. The molecule has 178 valence electrons. The van der Waals surface area contributed by atoms with Crippen LogP contribution in [0.2, 0.25) is 10.0 Å². The highest BCUT2D eigenvalue weighted by Crippen LogP contribution is 2.31. The van der Waals surface area contributed by atoms with E-state index in [0.29, 0.717) is 47.6 Å². The summed E-state index contributed by atoms with van der Waals surface area (Å²) in [6.45, 7) is 6.95. The lowest BCUT2D eigenvalue weighted by Crippen LogP contribution is -2.50. The molecule has 1 heterocycles. The van der Waals surface area contributed by atoms with Crippen LogP contribution in [0.1, 0.15) is 44.7 Å². The minimum absolute atomic E-state index is 0.0275. The highest BCUT2D eigenvalue weighted by atomic mass is 35.5. The summed E-state index contributed by atoms with van der Waals surface area (Å²) < 4.78 is 11.2. The van der Waals surface area contributed by atoms with Crippen molar-refractivity contribution in [2.24, 2.45) is 0 Å². The number of rotatable bonds is 9. The Hall–Kier alpha value is -2.44. The van der Waals surface area contributed by atoms with E-state index in [1.807, 2.05) is 39.0 Å². The average Bonchev–Trinajstić information content (AvgIpc) is 2.78. The number of hydrogen-bond acceptors (Lipinski definition) is 4. The molecule has 0 bridgehead atoms. The minimum atomic E-state index is -0.605. The Labute approximate surface area is 205 Å². The second-order valence-electron chi connectivity index (χ2n) is 8.32. The van der Waals surface area contributed by atoms with E-state index in [2.05, 4.69) is 5.32 Å². The van der Waals surface area contributed by atoms with Gasteiger partial charge in [-0.1, -0.05) is 42.3 Å². The van der Waals surface area contributed by atoms with Crippen LogP contribution in [-0.4, -0.2) is 42.0 Å². The molecule has 1 aliphatic heterocycles. The third-order valence-electron chi connectivity index (χ3n) is 5.41. The fraction of sp³-hybridized carbons (Fsp3) is 0.440. The van der Waals surface area contributed by atoms with E-state index in [4.69, 9.17) is 32.7 Å². The molecule has 0 saturated heterocycles. The summed E-state index contributed by atoms with van der Waals surface area (Å²) in [7, 11) is 0. The number of aryl methyl sites for hydroxylation is 1. The number of benzene rings is 2. The monoisotopic (exact) mass is 492 g/mol. The lowest BCUT2D eigenvalue weighted by atomic mass is 10.1. The fourth-order valence-electron chi connectivity index (χ4n) is 3.77. The molecule has 33 heavy (non-hydrogen) atoms. The SMILES string of the molecule is CCC(C(=O)NC(C)C)N(Cc1ccc(Cl)cc1Cl)C(=O)CCc1ccc2c(c1)OCCO2. The summed E-state index contributed by atoms with van der Waals surface area (Å²) in [6.07, 6.45) is 1.25. The second-order valence-corrected chi connectivity index (χ2v) is 9.17. The molecule has 3 rings (SSSR count). The number of carbonyl (C=O) groups excluding carboxylic acids is 2. The summed E-state index contributed by atoms with van der Waals surface area (Å²) in [5, 5.41) is 3.91. The van der Waals surface area contributed by atoms with Crippen LogP contribution < -0.4 is 14.8 Å². The maximum absolute atomic E-state index is 13.4. The van der Waals surface area contributed by atoms with Crippen LogP contribution in [0.25, 0.3) is 0 Å². The van der Waals surface area contributed by atoms with Crippen molar-refractivity contribution in [2.45, 2.75) is 58.7 Å². The van der Waals surface area contributed by atoms with Gasteiger partial charge in [0.2, 0.25) is 11.8 Å². The van der Waals surface area contributed by atoms with Crippen molar-refractivity contribution in [3.8, 4) is 11.5 Å². The van der Waals surface area contributed by atoms with Gasteiger partial charge in [0.25, 0.3) is 0 Å². The second kappa shape index (κ2) is 11.6. The molecule has 0 aromatic heterocycles. The quantitative estimate of drug-likeness (QED) is 0.532. The summed E-state index contributed by atoms with van der Waals surface area (Å²) in [4.78, 5) is 27.9. The molecule has 1 unspecified atom stereocenters. The van der Waals surface area contributed by atoms with Gasteiger partial charge in [-0.05, 0) is 62.1 Å². The minimum Gasteiger partial charge on any atom is -0.486 e. The van der Waals surface area contributed by atoms with E-state index in [-0.39, 0.29) is 30.8 Å². The van der Waals surface area contributed by atoms with Gasteiger partial charge in [0.15, 0.2) is 11.5 Å². The Kier molecular flexibility index (Phi) is 8.87. The van der Waals surface area contributed by atoms with Gasteiger partial charge in [0.05, 0.1) is 0 Å². The number of fused-ring (bicyclic) bond motifs is 1. The molecule has 8 heteroatoms. The van der Waals surface area contributed by atoms with Crippen molar-refractivity contribution in [3.63, 3.8) is 0 Å². The molecule has 1 N–H and O–H groups in total. The first-order valence-corrected chi connectivity index (χ1v) is 12.0. The molecule has 1 aliphatic rings. The lowest BCUT2D eigenvalue weighted by Gasteiger charge is -2.31. The van der Waals surface area contributed by atoms with Crippen molar-refractivity contribution in [1.82, 2.24) is 10.2 Å². The molecule has 2 aromatic carbocycles. The van der Waals surface area contributed by atoms with E-state index >= 15 is 0 Å². The maximum atomic E-state index is 13.4. The zero-order valence-corrected chi connectivity index (χ0v) is 20.7. The Morgan fingerprint density at radius 1 is 1.06 bits per heavy atom. The summed E-state index contributed by atoms with van der Waals surface area (Å²) in [5.41, 5.74) is 1.71. The molecule has 0 aliphatic carbocycles. The number of carbonyl (C=O) groups is 2. The van der Waals surface area contributed by atoms with Crippen LogP contribution in [0.5, 0.6) is 11.5 Å². The Balaban J connectivity index is 1.79. The average molecular weight is 493 g/mol. The Morgan fingerprint density at radius 2 is 1.79 bits per heavy atom. The largest absolute Gasteiger partial charge is 0.486 e. The van der Waals surface area contributed by atoms with E-state index < -0.39 is 6.04 Å². The third-order valence-corrected chi connectivity index (χ3v) is 5.99. The summed E-state index contributed by atoms with van der Waals surface area (Å²) >= 11 is 12.4. The molecule has 0 fully saturated rings. The van der Waals surface area contributed by atoms with E-state index in [9.17, 15) is 9.59 Å².